The zero-order chi connectivity index (χ0) is 30.2. The minimum atomic E-state index is -2.20. The Labute approximate surface area is 237 Å². The van der Waals surface area contributed by atoms with E-state index in [0.29, 0.717) is 12.8 Å². The van der Waals surface area contributed by atoms with Gasteiger partial charge in [0, 0.05) is 20.0 Å². The van der Waals surface area contributed by atoms with Crippen molar-refractivity contribution >= 4 is 30.9 Å². The number of ether oxygens (including phenoxy) is 2. The number of hydrogen-bond donors (Lipinski definition) is 1. The van der Waals surface area contributed by atoms with Crippen molar-refractivity contribution in [3.8, 4) is 0 Å². The molecule has 226 valence electrons. The molecule has 1 fully saturated rings. The third kappa shape index (κ3) is 8.96. The van der Waals surface area contributed by atoms with E-state index in [-0.39, 0.29) is 46.6 Å². The highest BCUT2D eigenvalue weighted by atomic mass is 28.4. The van der Waals surface area contributed by atoms with Crippen LogP contribution in [0.1, 0.15) is 75.2 Å². The summed E-state index contributed by atoms with van der Waals surface area (Å²) >= 11 is 0. The molecule has 1 saturated carbocycles. The van der Waals surface area contributed by atoms with Gasteiger partial charge in [-0.05, 0) is 54.4 Å². The molecule has 2 unspecified atom stereocenters. The maximum atomic E-state index is 11.2. The fourth-order valence-corrected chi connectivity index (χ4v) is 7.95. The number of carboxylic acid groups (broad SMARTS) is 1. The van der Waals surface area contributed by atoms with Gasteiger partial charge in [-0.2, -0.15) is 0 Å². The molecule has 2 atom stereocenters. The Hall–Kier alpha value is -0.0794. The van der Waals surface area contributed by atoms with Gasteiger partial charge in [-0.15, -0.1) is 0 Å². The van der Waals surface area contributed by atoms with Gasteiger partial charge in [-0.1, -0.05) is 62.3 Å². The van der Waals surface area contributed by atoms with Crippen molar-refractivity contribution in [2.45, 2.75) is 153 Å². The minimum Gasteiger partial charge on any atom is -0.480 e. The molecule has 1 aliphatic rings. The summed E-state index contributed by atoms with van der Waals surface area (Å²) < 4.78 is 33.3. The predicted octanol–water partition coefficient (Wildman–Crippen LogP) is 7.44. The van der Waals surface area contributed by atoms with Crippen LogP contribution >= 0.6 is 0 Å². The second-order valence-corrected chi connectivity index (χ2v) is 30.1. The lowest BCUT2D eigenvalue weighted by atomic mass is 9.80. The lowest BCUT2D eigenvalue weighted by Gasteiger charge is -2.54. The molecule has 0 amide bonds. The van der Waals surface area contributed by atoms with E-state index in [9.17, 15) is 9.90 Å². The van der Waals surface area contributed by atoms with Crippen LogP contribution in [0.25, 0.3) is 0 Å². The number of methoxy groups -OCH3 is 1. The lowest BCUT2D eigenvalue weighted by Crippen LogP contribution is -2.64. The number of carbonyl (C=O) groups is 1. The summed E-state index contributed by atoms with van der Waals surface area (Å²) in [4.78, 5) is 11.2. The van der Waals surface area contributed by atoms with Gasteiger partial charge < -0.3 is 27.9 Å². The average Bonchev–Trinajstić information content (AvgIpc) is 2.67. The highest BCUT2D eigenvalue weighted by molar-refractivity contribution is 6.75. The number of hydrogen-bond acceptors (Lipinski definition) is 6. The smallest absolute Gasteiger partial charge is 0.329 e. The van der Waals surface area contributed by atoms with Crippen molar-refractivity contribution in [3.05, 3.63) is 0 Å². The zero-order valence-electron chi connectivity index (χ0n) is 27.5. The number of aliphatic carboxylic acids is 1. The highest BCUT2D eigenvalue weighted by Crippen LogP contribution is 2.47. The summed E-state index contributed by atoms with van der Waals surface area (Å²) in [6.07, 6.45) is 0.351. The van der Waals surface area contributed by atoms with E-state index in [1.165, 1.54) is 0 Å². The van der Waals surface area contributed by atoms with Gasteiger partial charge in [0.05, 0.1) is 30.5 Å². The Kier molecular flexibility index (Phi) is 11.4. The molecule has 1 aliphatic carbocycles. The number of rotatable bonds is 11. The monoisotopic (exact) mass is 592 g/mol. The van der Waals surface area contributed by atoms with Crippen molar-refractivity contribution in [3.63, 3.8) is 0 Å². The summed E-state index contributed by atoms with van der Waals surface area (Å²) in [5, 5.41) is 9.26. The first kappa shape index (κ1) is 35.9. The van der Waals surface area contributed by atoms with Crippen LogP contribution in [0.3, 0.4) is 0 Å². The molecule has 0 bridgehead atoms. The van der Waals surface area contributed by atoms with E-state index in [1.807, 2.05) is 0 Å². The third-order valence-electron chi connectivity index (χ3n) is 9.64. The molecule has 1 rings (SSSR count). The SMILES string of the molecule is COC1(COCC(=O)O)CC(O[Si](C)(C)C(C)(C)C)C(O[Si](C)(C)C(C)(C)C)C(O[Si](C)(C)C(C)(C)C)C1. The van der Waals surface area contributed by atoms with Gasteiger partial charge in [0.2, 0.25) is 0 Å². The van der Waals surface area contributed by atoms with Crippen LogP contribution in [0, 0.1) is 0 Å². The first-order chi connectivity index (χ1) is 16.7. The van der Waals surface area contributed by atoms with Crippen molar-refractivity contribution in [2.24, 2.45) is 0 Å². The summed E-state index contributed by atoms with van der Waals surface area (Å²) in [7, 11) is -4.92. The molecule has 38 heavy (non-hydrogen) atoms. The van der Waals surface area contributed by atoms with E-state index in [2.05, 4.69) is 102 Å². The van der Waals surface area contributed by atoms with Crippen molar-refractivity contribution < 1.29 is 32.7 Å². The van der Waals surface area contributed by atoms with Crippen molar-refractivity contribution in [2.75, 3.05) is 20.3 Å². The fourth-order valence-electron chi connectivity index (χ4n) is 3.95. The van der Waals surface area contributed by atoms with E-state index in [0.717, 1.165) is 0 Å². The lowest BCUT2D eigenvalue weighted by molar-refractivity contribution is -0.178. The minimum absolute atomic E-state index is 0.0112. The molecular weight excluding hydrogens is 533 g/mol. The standard InChI is InChI=1S/C28H60O7Si3/c1-25(2,3)36(11,12)33-21-17-28(31-10,20-32-19-23(29)30)18-22(34-37(13,14)26(4,5)6)24(21)35-38(15,16)27(7,8)9/h21-22,24H,17-20H2,1-16H3,(H,29,30). The quantitative estimate of drug-likeness (QED) is 0.250. The van der Waals surface area contributed by atoms with Gasteiger partial charge in [-0.25, -0.2) is 4.79 Å². The Morgan fingerprint density at radius 1 is 0.737 bits per heavy atom. The van der Waals surface area contributed by atoms with Crippen molar-refractivity contribution in [1.29, 1.82) is 0 Å². The van der Waals surface area contributed by atoms with Crippen LogP contribution < -0.4 is 0 Å². The highest BCUT2D eigenvalue weighted by Gasteiger charge is 2.55. The summed E-state index contributed by atoms with van der Waals surface area (Å²) in [5.74, 6) is -0.991. The van der Waals surface area contributed by atoms with Gasteiger partial charge in [-0.3, -0.25) is 0 Å². The van der Waals surface area contributed by atoms with Crippen LogP contribution in [0.4, 0.5) is 0 Å². The molecular formula is C28H60O7Si3. The predicted molar refractivity (Wildman–Crippen MR) is 164 cm³/mol. The van der Waals surface area contributed by atoms with Gasteiger partial charge in [0.15, 0.2) is 25.0 Å². The maximum absolute atomic E-state index is 11.2. The Bertz CT molecular complexity index is 754. The van der Waals surface area contributed by atoms with Crippen molar-refractivity contribution in [1.82, 2.24) is 0 Å². The summed E-state index contributed by atoms with van der Waals surface area (Å²) in [6, 6.07) is 0. The first-order valence-corrected chi connectivity index (χ1v) is 22.8. The third-order valence-corrected chi connectivity index (χ3v) is 23.1. The fraction of sp³-hybridized carbons (Fsp3) is 0.964. The van der Waals surface area contributed by atoms with Crippen LogP contribution in [-0.4, -0.2) is 80.3 Å². The molecule has 1 N–H and O–H groups in total. The molecule has 0 radical (unpaired) electrons. The normalized spacial score (nSPS) is 26.5. The molecule has 0 aliphatic heterocycles. The molecule has 0 heterocycles. The number of carboxylic acids is 1. The molecule has 7 nitrogen and oxygen atoms in total. The largest absolute Gasteiger partial charge is 0.480 e. The molecule has 0 aromatic heterocycles. The van der Waals surface area contributed by atoms with Crippen LogP contribution in [0.2, 0.25) is 54.4 Å². The van der Waals surface area contributed by atoms with Gasteiger partial charge in [0.1, 0.15) is 6.61 Å². The molecule has 0 aromatic rings. The van der Waals surface area contributed by atoms with E-state index in [1.54, 1.807) is 7.11 Å². The van der Waals surface area contributed by atoms with Crippen LogP contribution in [0.5, 0.6) is 0 Å². The Balaban J connectivity index is 3.69. The maximum Gasteiger partial charge on any atom is 0.329 e. The van der Waals surface area contributed by atoms with Gasteiger partial charge >= 0.3 is 5.97 Å². The Morgan fingerprint density at radius 2 is 1.08 bits per heavy atom. The average molecular weight is 593 g/mol. The van der Waals surface area contributed by atoms with Crippen LogP contribution in [0.15, 0.2) is 0 Å². The first-order valence-electron chi connectivity index (χ1n) is 14.1. The molecule has 0 aromatic carbocycles. The molecule has 0 saturated heterocycles. The summed E-state index contributed by atoms with van der Waals surface area (Å²) in [6.45, 7) is 33.7. The topological polar surface area (TPSA) is 83.5 Å². The van der Waals surface area contributed by atoms with E-state index in [4.69, 9.17) is 22.8 Å². The second-order valence-electron chi connectivity index (χ2n) is 15.9. The molecule has 0 spiro atoms. The summed E-state index contributed by atoms with van der Waals surface area (Å²) in [5.41, 5.74) is -0.733. The second kappa shape index (κ2) is 12.0. The van der Waals surface area contributed by atoms with Crippen LogP contribution in [-0.2, 0) is 27.5 Å². The zero-order valence-corrected chi connectivity index (χ0v) is 30.5. The molecule has 10 heteroatoms. The van der Waals surface area contributed by atoms with E-state index >= 15 is 0 Å². The Morgan fingerprint density at radius 3 is 1.37 bits per heavy atom. The van der Waals surface area contributed by atoms with E-state index < -0.39 is 36.5 Å². The van der Waals surface area contributed by atoms with Gasteiger partial charge in [0.25, 0.3) is 0 Å².